The topological polar surface area (TPSA) is 38.0 Å². The van der Waals surface area contributed by atoms with Crippen molar-refractivity contribution in [2.24, 2.45) is 5.84 Å². The standard InChI is InChI=1S/C13H17F3N2/c1-2-3-7-12(18-17)9-10-5-4-6-11(8-10)13(14,15)16/h2,4-6,8,12,18H,1,3,7,9,17H2. The number of hydrazine groups is 1. The fourth-order valence-corrected chi connectivity index (χ4v) is 1.72. The minimum absolute atomic E-state index is 0.0496. The first-order valence-corrected chi connectivity index (χ1v) is 5.70. The lowest BCUT2D eigenvalue weighted by Gasteiger charge is -2.16. The zero-order valence-electron chi connectivity index (χ0n) is 10.0. The molecule has 100 valence electrons. The lowest BCUT2D eigenvalue weighted by molar-refractivity contribution is -0.137. The molecule has 0 aliphatic heterocycles. The summed E-state index contributed by atoms with van der Waals surface area (Å²) in [5.41, 5.74) is 2.61. The van der Waals surface area contributed by atoms with Crippen molar-refractivity contribution >= 4 is 0 Å². The summed E-state index contributed by atoms with van der Waals surface area (Å²) in [4.78, 5) is 0. The SMILES string of the molecule is C=CCCC(Cc1cccc(C(F)(F)F)c1)NN. The van der Waals surface area contributed by atoms with Gasteiger partial charge < -0.3 is 0 Å². The Kier molecular flexibility index (Phi) is 5.37. The number of halogens is 3. The van der Waals surface area contributed by atoms with Crippen LogP contribution in [0.15, 0.2) is 36.9 Å². The van der Waals surface area contributed by atoms with Crippen molar-refractivity contribution in [3.05, 3.63) is 48.0 Å². The predicted molar refractivity (Wildman–Crippen MR) is 65.7 cm³/mol. The van der Waals surface area contributed by atoms with Gasteiger partial charge >= 0.3 is 6.18 Å². The normalized spacial score (nSPS) is 13.3. The highest BCUT2D eigenvalue weighted by atomic mass is 19.4. The van der Waals surface area contributed by atoms with Gasteiger partial charge in [0.05, 0.1) is 5.56 Å². The van der Waals surface area contributed by atoms with Gasteiger partial charge in [-0.25, -0.2) is 0 Å². The highest BCUT2D eigenvalue weighted by Gasteiger charge is 2.30. The molecule has 5 heteroatoms. The minimum Gasteiger partial charge on any atom is -0.271 e. The number of benzene rings is 1. The molecule has 1 atom stereocenters. The predicted octanol–water partition coefficient (Wildman–Crippen LogP) is 3.05. The summed E-state index contributed by atoms with van der Waals surface area (Å²) >= 11 is 0. The van der Waals surface area contributed by atoms with E-state index in [1.807, 2.05) is 0 Å². The third-order valence-electron chi connectivity index (χ3n) is 2.69. The van der Waals surface area contributed by atoms with E-state index in [4.69, 9.17) is 5.84 Å². The Morgan fingerprint density at radius 1 is 1.39 bits per heavy atom. The van der Waals surface area contributed by atoms with Crippen LogP contribution in [0, 0.1) is 0 Å². The lowest BCUT2D eigenvalue weighted by Crippen LogP contribution is -2.36. The number of alkyl halides is 3. The van der Waals surface area contributed by atoms with Crippen LogP contribution in [0.3, 0.4) is 0 Å². The van der Waals surface area contributed by atoms with Crippen LogP contribution >= 0.6 is 0 Å². The van der Waals surface area contributed by atoms with Gasteiger partial charge in [0.1, 0.15) is 0 Å². The van der Waals surface area contributed by atoms with Gasteiger partial charge in [-0.05, 0) is 30.9 Å². The van der Waals surface area contributed by atoms with E-state index in [9.17, 15) is 13.2 Å². The second kappa shape index (κ2) is 6.56. The Bertz CT molecular complexity index is 388. The fourth-order valence-electron chi connectivity index (χ4n) is 1.72. The van der Waals surface area contributed by atoms with Crippen LogP contribution in [0.1, 0.15) is 24.0 Å². The van der Waals surface area contributed by atoms with Crippen LogP contribution in [0.4, 0.5) is 13.2 Å². The summed E-state index contributed by atoms with van der Waals surface area (Å²) in [5.74, 6) is 5.38. The molecule has 0 heterocycles. The summed E-state index contributed by atoms with van der Waals surface area (Å²) in [6.07, 6.45) is -0.558. The summed E-state index contributed by atoms with van der Waals surface area (Å²) in [5, 5.41) is 0. The first-order valence-electron chi connectivity index (χ1n) is 5.70. The van der Waals surface area contributed by atoms with Crippen molar-refractivity contribution in [1.29, 1.82) is 0 Å². The van der Waals surface area contributed by atoms with Crippen LogP contribution in [0.2, 0.25) is 0 Å². The van der Waals surface area contributed by atoms with Crippen molar-refractivity contribution in [2.45, 2.75) is 31.5 Å². The quantitative estimate of drug-likeness (QED) is 0.467. The molecule has 0 fully saturated rings. The van der Waals surface area contributed by atoms with Crippen LogP contribution in [-0.2, 0) is 12.6 Å². The number of rotatable bonds is 6. The van der Waals surface area contributed by atoms with Gasteiger partial charge in [-0.2, -0.15) is 13.2 Å². The molecule has 3 N–H and O–H groups in total. The molecule has 1 aromatic rings. The molecule has 0 saturated heterocycles. The van der Waals surface area contributed by atoms with Crippen molar-refractivity contribution in [3.8, 4) is 0 Å². The summed E-state index contributed by atoms with van der Waals surface area (Å²) in [6, 6.07) is 5.27. The second-order valence-electron chi connectivity index (χ2n) is 4.13. The van der Waals surface area contributed by atoms with Gasteiger partial charge in [-0.1, -0.05) is 24.3 Å². The van der Waals surface area contributed by atoms with Gasteiger partial charge in [-0.15, -0.1) is 6.58 Å². The summed E-state index contributed by atoms with van der Waals surface area (Å²) in [7, 11) is 0. The molecule has 1 aromatic carbocycles. The third kappa shape index (κ3) is 4.50. The van der Waals surface area contributed by atoms with Crippen molar-refractivity contribution in [1.82, 2.24) is 5.43 Å². The molecule has 0 radical (unpaired) electrons. The zero-order valence-corrected chi connectivity index (χ0v) is 10.0. The Hall–Kier alpha value is -1.33. The molecule has 0 amide bonds. The monoisotopic (exact) mass is 258 g/mol. The molecule has 1 rings (SSSR count). The summed E-state index contributed by atoms with van der Waals surface area (Å²) < 4.78 is 37.6. The molecular weight excluding hydrogens is 241 g/mol. The van der Waals surface area contributed by atoms with E-state index in [0.29, 0.717) is 12.0 Å². The second-order valence-corrected chi connectivity index (χ2v) is 4.13. The molecule has 0 aromatic heterocycles. The number of nitrogens with two attached hydrogens (primary N) is 1. The Morgan fingerprint density at radius 2 is 2.11 bits per heavy atom. The average Bonchev–Trinajstić information content (AvgIpc) is 2.33. The molecular formula is C13H17F3N2. The zero-order chi connectivity index (χ0) is 13.6. The molecule has 2 nitrogen and oxygen atoms in total. The molecule has 1 unspecified atom stereocenters. The van der Waals surface area contributed by atoms with Crippen LogP contribution in [-0.4, -0.2) is 6.04 Å². The molecule has 0 saturated carbocycles. The molecule has 0 bridgehead atoms. The molecule has 18 heavy (non-hydrogen) atoms. The van der Waals surface area contributed by atoms with Gasteiger partial charge in [0.25, 0.3) is 0 Å². The van der Waals surface area contributed by atoms with Gasteiger partial charge in [0.2, 0.25) is 0 Å². The first-order chi connectivity index (χ1) is 8.47. The average molecular weight is 258 g/mol. The van der Waals surface area contributed by atoms with E-state index in [2.05, 4.69) is 12.0 Å². The summed E-state index contributed by atoms with van der Waals surface area (Å²) in [6.45, 7) is 3.60. The number of hydrogen-bond donors (Lipinski definition) is 2. The van der Waals surface area contributed by atoms with E-state index < -0.39 is 11.7 Å². The Morgan fingerprint density at radius 3 is 2.67 bits per heavy atom. The molecule has 0 aliphatic carbocycles. The van der Waals surface area contributed by atoms with Gasteiger partial charge in [0.15, 0.2) is 0 Å². The van der Waals surface area contributed by atoms with Gasteiger partial charge in [-0.3, -0.25) is 11.3 Å². The van der Waals surface area contributed by atoms with Crippen LogP contribution < -0.4 is 11.3 Å². The van der Waals surface area contributed by atoms with E-state index in [-0.39, 0.29) is 6.04 Å². The minimum atomic E-state index is -4.30. The van der Waals surface area contributed by atoms with Gasteiger partial charge in [0, 0.05) is 6.04 Å². The number of hydrogen-bond acceptors (Lipinski definition) is 2. The maximum absolute atomic E-state index is 12.5. The molecule has 0 aliphatic rings. The number of allylic oxidation sites excluding steroid dienone is 1. The van der Waals surface area contributed by atoms with E-state index in [1.165, 1.54) is 6.07 Å². The number of nitrogens with one attached hydrogen (secondary N) is 1. The van der Waals surface area contributed by atoms with Crippen molar-refractivity contribution < 1.29 is 13.2 Å². The lowest BCUT2D eigenvalue weighted by atomic mass is 10.0. The first kappa shape index (κ1) is 14.7. The maximum Gasteiger partial charge on any atom is 0.416 e. The highest BCUT2D eigenvalue weighted by molar-refractivity contribution is 5.26. The van der Waals surface area contributed by atoms with E-state index in [0.717, 1.165) is 25.0 Å². The Balaban J connectivity index is 2.74. The van der Waals surface area contributed by atoms with Crippen LogP contribution in [0.25, 0.3) is 0 Å². The smallest absolute Gasteiger partial charge is 0.271 e. The molecule has 0 spiro atoms. The fraction of sp³-hybridized carbons (Fsp3) is 0.385. The van der Waals surface area contributed by atoms with E-state index >= 15 is 0 Å². The third-order valence-corrected chi connectivity index (χ3v) is 2.69. The maximum atomic E-state index is 12.5. The Labute approximate surface area is 105 Å². The van der Waals surface area contributed by atoms with Crippen molar-refractivity contribution in [2.75, 3.05) is 0 Å². The highest BCUT2D eigenvalue weighted by Crippen LogP contribution is 2.29. The van der Waals surface area contributed by atoms with Crippen molar-refractivity contribution in [3.63, 3.8) is 0 Å². The largest absolute Gasteiger partial charge is 0.416 e. The van der Waals surface area contributed by atoms with E-state index in [1.54, 1.807) is 12.1 Å². The van der Waals surface area contributed by atoms with Crippen LogP contribution in [0.5, 0.6) is 0 Å².